The highest BCUT2D eigenvalue weighted by molar-refractivity contribution is 6.31. The van der Waals surface area contributed by atoms with E-state index in [2.05, 4.69) is 20.9 Å². The normalized spacial score (nSPS) is 19.3. The quantitative estimate of drug-likeness (QED) is 0.592. The highest BCUT2D eigenvalue weighted by Gasteiger charge is 2.28. The van der Waals surface area contributed by atoms with Gasteiger partial charge in [0.1, 0.15) is 5.82 Å². The van der Waals surface area contributed by atoms with Crippen LogP contribution in [0.3, 0.4) is 0 Å². The van der Waals surface area contributed by atoms with E-state index in [1.807, 2.05) is 24.5 Å². The molecule has 1 aromatic heterocycles. The van der Waals surface area contributed by atoms with E-state index in [0.29, 0.717) is 10.9 Å². The maximum atomic E-state index is 13.5. The molecule has 1 saturated carbocycles. The van der Waals surface area contributed by atoms with Crippen LogP contribution < -0.4 is 0 Å². The molecule has 1 saturated heterocycles. The lowest BCUT2D eigenvalue weighted by atomic mass is 9.94. The average Bonchev–Trinajstić information content (AvgIpc) is 3.26. The van der Waals surface area contributed by atoms with Crippen LogP contribution in [-0.4, -0.2) is 40.5 Å². The summed E-state index contributed by atoms with van der Waals surface area (Å²) in [6.45, 7) is 5.07. The highest BCUT2D eigenvalue weighted by Crippen LogP contribution is 2.29. The molecule has 0 bridgehead atoms. The zero-order valence-corrected chi connectivity index (χ0v) is 17.8. The second-order valence-corrected chi connectivity index (χ2v) is 9.09. The van der Waals surface area contributed by atoms with Gasteiger partial charge in [-0.3, -0.25) is 9.88 Å². The molecule has 2 fully saturated rings. The summed E-state index contributed by atoms with van der Waals surface area (Å²) < 4.78 is 13.5. The Balaban J connectivity index is 1.39. The lowest BCUT2D eigenvalue weighted by molar-refractivity contribution is 0.107. The topological polar surface area (TPSA) is 19.4 Å². The van der Waals surface area contributed by atoms with Gasteiger partial charge in [-0.2, -0.15) is 0 Å². The van der Waals surface area contributed by atoms with E-state index in [4.69, 9.17) is 11.6 Å². The number of likely N-dealkylation sites (tertiary alicyclic amines) is 1. The lowest BCUT2D eigenvalue weighted by Gasteiger charge is -2.38. The van der Waals surface area contributed by atoms with Crippen LogP contribution in [0, 0.1) is 11.7 Å². The lowest BCUT2D eigenvalue weighted by Crippen LogP contribution is -2.42. The van der Waals surface area contributed by atoms with Gasteiger partial charge in [-0.15, -0.1) is 0 Å². The molecule has 156 valence electrons. The molecular weight excluding hydrogens is 385 g/mol. The Kier molecular flexibility index (Phi) is 7.17. The number of hydrogen-bond acceptors (Lipinski definition) is 3. The van der Waals surface area contributed by atoms with E-state index >= 15 is 0 Å². The van der Waals surface area contributed by atoms with Gasteiger partial charge in [0.15, 0.2) is 0 Å². The van der Waals surface area contributed by atoms with Crippen molar-refractivity contribution >= 4 is 11.6 Å². The Morgan fingerprint density at radius 2 is 1.86 bits per heavy atom. The van der Waals surface area contributed by atoms with Crippen molar-refractivity contribution in [2.24, 2.45) is 5.92 Å². The van der Waals surface area contributed by atoms with E-state index in [-0.39, 0.29) is 5.82 Å². The third-order valence-electron chi connectivity index (χ3n) is 6.54. The van der Waals surface area contributed by atoms with Gasteiger partial charge >= 0.3 is 0 Å². The van der Waals surface area contributed by atoms with E-state index in [1.165, 1.54) is 69.3 Å². The van der Waals surface area contributed by atoms with Crippen molar-refractivity contribution in [3.63, 3.8) is 0 Å². The Bertz CT molecular complexity index is 771. The molecule has 0 spiro atoms. The molecule has 4 rings (SSSR count). The van der Waals surface area contributed by atoms with Gasteiger partial charge in [-0.1, -0.05) is 36.6 Å². The van der Waals surface area contributed by atoms with Crippen LogP contribution >= 0.6 is 11.6 Å². The SMILES string of the molecule is Fc1ccc(CN(Cc2cccnc2)CC2CCN(C3CCCC3)CC2)c(Cl)c1. The first-order chi connectivity index (χ1) is 14.2. The van der Waals surface area contributed by atoms with E-state index in [9.17, 15) is 4.39 Å². The first kappa shape index (κ1) is 20.8. The van der Waals surface area contributed by atoms with Crippen molar-refractivity contribution in [2.45, 2.75) is 57.7 Å². The summed E-state index contributed by atoms with van der Waals surface area (Å²) in [4.78, 5) is 9.44. The van der Waals surface area contributed by atoms with Gasteiger partial charge in [-0.25, -0.2) is 4.39 Å². The first-order valence-corrected chi connectivity index (χ1v) is 11.3. The third-order valence-corrected chi connectivity index (χ3v) is 6.90. The summed E-state index contributed by atoms with van der Waals surface area (Å²) in [5, 5.41) is 0.511. The van der Waals surface area contributed by atoms with Crippen molar-refractivity contribution in [3.05, 3.63) is 64.7 Å². The molecule has 1 aliphatic carbocycles. The molecule has 2 aromatic rings. The zero-order valence-electron chi connectivity index (χ0n) is 17.1. The molecule has 0 unspecified atom stereocenters. The number of piperidine rings is 1. The van der Waals surface area contributed by atoms with Crippen LogP contribution in [-0.2, 0) is 13.1 Å². The summed E-state index contributed by atoms with van der Waals surface area (Å²) in [6.07, 6.45) is 11.9. The van der Waals surface area contributed by atoms with E-state index in [1.54, 1.807) is 0 Å². The van der Waals surface area contributed by atoms with Crippen molar-refractivity contribution in [3.8, 4) is 0 Å². The summed E-state index contributed by atoms with van der Waals surface area (Å²) >= 11 is 6.33. The fourth-order valence-corrected chi connectivity index (χ4v) is 5.19. The number of halogens is 2. The van der Waals surface area contributed by atoms with E-state index in [0.717, 1.165) is 31.2 Å². The fraction of sp³-hybridized carbons (Fsp3) is 0.542. The van der Waals surface area contributed by atoms with Gasteiger partial charge in [0.25, 0.3) is 0 Å². The minimum Gasteiger partial charge on any atom is -0.300 e. The van der Waals surface area contributed by atoms with Gasteiger partial charge in [0, 0.05) is 43.1 Å². The van der Waals surface area contributed by atoms with Gasteiger partial charge in [0.05, 0.1) is 0 Å². The monoisotopic (exact) mass is 415 g/mol. The second-order valence-electron chi connectivity index (χ2n) is 8.68. The molecule has 29 heavy (non-hydrogen) atoms. The largest absolute Gasteiger partial charge is 0.300 e. The summed E-state index contributed by atoms with van der Waals surface area (Å²) in [6, 6.07) is 9.67. The summed E-state index contributed by atoms with van der Waals surface area (Å²) in [5.41, 5.74) is 2.19. The summed E-state index contributed by atoms with van der Waals surface area (Å²) in [7, 11) is 0. The number of pyridine rings is 1. The smallest absolute Gasteiger partial charge is 0.124 e. The molecule has 0 radical (unpaired) electrons. The maximum absolute atomic E-state index is 13.5. The Morgan fingerprint density at radius 1 is 1.07 bits per heavy atom. The molecule has 5 heteroatoms. The predicted octanol–water partition coefficient (Wildman–Crippen LogP) is 5.53. The minimum atomic E-state index is -0.281. The fourth-order valence-electron chi connectivity index (χ4n) is 4.96. The van der Waals surface area contributed by atoms with Gasteiger partial charge in [-0.05, 0) is 74.0 Å². The Hall–Kier alpha value is -1.49. The Morgan fingerprint density at radius 3 is 2.55 bits per heavy atom. The molecular formula is C24H31ClFN3. The highest BCUT2D eigenvalue weighted by atomic mass is 35.5. The minimum absolute atomic E-state index is 0.281. The number of aromatic nitrogens is 1. The molecule has 0 atom stereocenters. The molecule has 1 aromatic carbocycles. The van der Waals surface area contributed by atoms with Gasteiger partial charge < -0.3 is 4.90 Å². The van der Waals surface area contributed by atoms with Crippen molar-refractivity contribution in [2.75, 3.05) is 19.6 Å². The third kappa shape index (κ3) is 5.78. The zero-order chi connectivity index (χ0) is 20.1. The van der Waals surface area contributed by atoms with Crippen LogP contribution in [0.2, 0.25) is 5.02 Å². The average molecular weight is 416 g/mol. The van der Waals surface area contributed by atoms with Crippen molar-refractivity contribution in [1.29, 1.82) is 0 Å². The molecule has 0 N–H and O–H groups in total. The van der Waals surface area contributed by atoms with Gasteiger partial charge in [0.2, 0.25) is 0 Å². The van der Waals surface area contributed by atoms with Crippen molar-refractivity contribution in [1.82, 2.24) is 14.8 Å². The van der Waals surface area contributed by atoms with Crippen LogP contribution in [0.5, 0.6) is 0 Å². The number of nitrogens with zero attached hydrogens (tertiary/aromatic N) is 3. The Labute approximate surface area is 178 Å². The van der Waals surface area contributed by atoms with Crippen molar-refractivity contribution < 1.29 is 4.39 Å². The molecule has 2 heterocycles. The number of hydrogen-bond donors (Lipinski definition) is 0. The van der Waals surface area contributed by atoms with Crippen LogP contribution in [0.15, 0.2) is 42.7 Å². The molecule has 3 nitrogen and oxygen atoms in total. The number of rotatable bonds is 7. The number of benzene rings is 1. The first-order valence-electron chi connectivity index (χ1n) is 11.0. The summed E-state index contributed by atoms with van der Waals surface area (Å²) in [5.74, 6) is 0.417. The standard InChI is InChI=1S/C24H31ClFN3/c25-24-14-22(26)8-7-21(24)18-28(17-20-4-3-11-27-15-20)16-19-9-12-29(13-10-19)23-5-1-2-6-23/h3-4,7-8,11,14-15,19,23H,1-2,5-6,9-10,12-13,16-18H2. The van der Waals surface area contributed by atoms with Crippen LogP contribution in [0.25, 0.3) is 0 Å². The molecule has 2 aliphatic rings. The molecule has 1 aliphatic heterocycles. The predicted molar refractivity (Wildman–Crippen MR) is 116 cm³/mol. The molecule has 0 amide bonds. The second kappa shape index (κ2) is 10.0. The van der Waals surface area contributed by atoms with E-state index < -0.39 is 0 Å². The van der Waals surface area contributed by atoms with Crippen LogP contribution in [0.1, 0.15) is 49.7 Å². The van der Waals surface area contributed by atoms with Crippen LogP contribution in [0.4, 0.5) is 4.39 Å². The maximum Gasteiger partial charge on any atom is 0.124 e.